The van der Waals surface area contributed by atoms with Gasteiger partial charge in [-0.05, 0) is 40.9 Å². The van der Waals surface area contributed by atoms with Crippen molar-refractivity contribution < 1.29 is 4.74 Å². The quantitative estimate of drug-likeness (QED) is 0.840. The fourth-order valence-corrected chi connectivity index (χ4v) is 2.52. The Morgan fingerprint density at radius 3 is 2.62 bits per heavy atom. The van der Waals surface area contributed by atoms with Gasteiger partial charge in [-0.3, -0.25) is 0 Å². The van der Waals surface area contributed by atoms with Crippen LogP contribution in [0.25, 0.3) is 0 Å². The van der Waals surface area contributed by atoms with E-state index in [1.807, 2.05) is 24.3 Å². The van der Waals surface area contributed by atoms with Gasteiger partial charge in [-0.25, -0.2) is 0 Å². The van der Waals surface area contributed by atoms with Crippen LogP contribution in [-0.4, -0.2) is 6.61 Å². The first-order valence-corrected chi connectivity index (χ1v) is 6.34. The highest BCUT2D eigenvalue weighted by molar-refractivity contribution is 9.10. The number of para-hydroxylation sites is 1. The molecule has 84 valence electrons. The first kappa shape index (κ1) is 11.5. The van der Waals surface area contributed by atoms with Crippen molar-refractivity contribution in [2.75, 3.05) is 6.61 Å². The average molecular weight is 280 g/mol. The number of hydrogen-bond acceptors (Lipinski definition) is 2. The molecule has 0 unspecified atom stereocenters. The normalized spacial score (nSPS) is 18.0. The Morgan fingerprint density at radius 1 is 1.31 bits per heavy atom. The highest BCUT2D eigenvalue weighted by Crippen LogP contribution is 2.38. The van der Waals surface area contributed by atoms with Gasteiger partial charge < -0.3 is 4.74 Å². The second-order valence-electron chi connectivity index (χ2n) is 4.32. The molecule has 1 aliphatic carbocycles. The molecule has 0 aromatic heterocycles. The molecule has 0 amide bonds. The number of benzene rings is 1. The molecule has 0 N–H and O–H groups in total. The predicted molar refractivity (Wildman–Crippen MR) is 66.2 cm³/mol. The molecule has 2 rings (SSSR count). The van der Waals surface area contributed by atoms with Gasteiger partial charge in [0.1, 0.15) is 12.4 Å². The van der Waals surface area contributed by atoms with Crippen LogP contribution < -0.4 is 4.74 Å². The molecule has 1 aromatic carbocycles. The summed E-state index contributed by atoms with van der Waals surface area (Å²) >= 11 is 3.44. The summed E-state index contributed by atoms with van der Waals surface area (Å²) in [7, 11) is 0. The zero-order valence-electron chi connectivity index (χ0n) is 9.08. The van der Waals surface area contributed by atoms with Crippen molar-refractivity contribution in [1.82, 2.24) is 0 Å². The minimum absolute atomic E-state index is 0.255. The molecule has 0 atom stereocenters. The highest BCUT2D eigenvalue weighted by Gasteiger charge is 2.34. The Hall–Kier alpha value is -1.01. The Balaban J connectivity index is 2.02. The molecule has 0 aliphatic heterocycles. The van der Waals surface area contributed by atoms with E-state index in [4.69, 9.17) is 4.74 Å². The van der Waals surface area contributed by atoms with Crippen LogP contribution in [0.1, 0.15) is 25.7 Å². The lowest BCUT2D eigenvalue weighted by atomic mass is 9.89. The molecule has 16 heavy (non-hydrogen) atoms. The van der Waals surface area contributed by atoms with Gasteiger partial charge in [0.2, 0.25) is 0 Å². The number of halogens is 1. The third-order valence-electron chi connectivity index (χ3n) is 3.14. The first-order valence-electron chi connectivity index (χ1n) is 5.54. The van der Waals surface area contributed by atoms with E-state index in [2.05, 4.69) is 22.0 Å². The third-order valence-corrected chi connectivity index (χ3v) is 3.79. The first-order chi connectivity index (χ1) is 7.76. The highest BCUT2D eigenvalue weighted by atomic mass is 79.9. The molecule has 1 fully saturated rings. The number of nitrogens with zero attached hydrogens (tertiary/aromatic N) is 1. The summed E-state index contributed by atoms with van der Waals surface area (Å²) < 4.78 is 6.69. The average Bonchev–Trinajstić information content (AvgIpc) is 2.78. The standard InChI is InChI=1S/C13H14BrNO/c14-11-5-1-2-6-12(11)16-10-13(9-15)7-3-4-8-13/h1-2,5-6H,3-4,7-8,10H2. The summed E-state index contributed by atoms with van der Waals surface area (Å²) in [6.45, 7) is 0.506. The Bertz CT molecular complexity index is 405. The van der Waals surface area contributed by atoms with Gasteiger partial charge in [-0.1, -0.05) is 25.0 Å². The van der Waals surface area contributed by atoms with Crippen LogP contribution in [0, 0.1) is 16.7 Å². The maximum atomic E-state index is 9.22. The van der Waals surface area contributed by atoms with Crippen LogP contribution in [0.4, 0.5) is 0 Å². The van der Waals surface area contributed by atoms with Crippen molar-refractivity contribution in [2.45, 2.75) is 25.7 Å². The van der Waals surface area contributed by atoms with Crippen LogP contribution >= 0.6 is 15.9 Å². The van der Waals surface area contributed by atoms with Crippen molar-refractivity contribution in [3.8, 4) is 11.8 Å². The molecule has 1 aromatic rings. The van der Waals surface area contributed by atoms with Gasteiger partial charge in [0.15, 0.2) is 0 Å². The van der Waals surface area contributed by atoms with E-state index >= 15 is 0 Å². The summed E-state index contributed by atoms with van der Waals surface area (Å²) in [5, 5.41) is 9.22. The van der Waals surface area contributed by atoms with Crippen molar-refractivity contribution in [1.29, 1.82) is 5.26 Å². The summed E-state index contributed by atoms with van der Waals surface area (Å²) in [6.07, 6.45) is 4.22. The van der Waals surface area contributed by atoms with E-state index in [9.17, 15) is 5.26 Å². The largest absolute Gasteiger partial charge is 0.491 e. The molecular formula is C13H14BrNO. The molecule has 0 heterocycles. The molecule has 1 saturated carbocycles. The molecule has 0 radical (unpaired) electrons. The summed E-state index contributed by atoms with van der Waals surface area (Å²) in [4.78, 5) is 0. The topological polar surface area (TPSA) is 33.0 Å². The van der Waals surface area contributed by atoms with Crippen LogP contribution in [-0.2, 0) is 0 Å². The zero-order valence-corrected chi connectivity index (χ0v) is 10.7. The van der Waals surface area contributed by atoms with E-state index in [0.29, 0.717) is 6.61 Å². The SMILES string of the molecule is N#CC1(COc2ccccc2Br)CCCC1. The van der Waals surface area contributed by atoms with Gasteiger partial charge in [-0.15, -0.1) is 0 Å². The minimum Gasteiger partial charge on any atom is -0.491 e. The van der Waals surface area contributed by atoms with Gasteiger partial charge >= 0.3 is 0 Å². The van der Waals surface area contributed by atoms with Crippen molar-refractivity contribution in [3.63, 3.8) is 0 Å². The Morgan fingerprint density at radius 2 is 2.00 bits per heavy atom. The number of nitriles is 1. The number of hydrogen-bond donors (Lipinski definition) is 0. The second kappa shape index (κ2) is 4.88. The molecular weight excluding hydrogens is 266 g/mol. The van der Waals surface area contributed by atoms with E-state index in [1.54, 1.807) is 0 Å². The second-order valence-corrected chi connectivity index (χ2v) is 5.17. The molecule has 0 bridgehead atoms. The van der Waals surface area contributed by atoms with Gasteiger partial charge in [0, 0.05) is 0 Å². The maximum Gasteiger partial charge on any atom is 0.133 e. The molecule has 2 nitrogen and oxygen atoms in total. The van der Waals surface area contributed by atoms with Crippen LogP contribution in [0.5, 0.6) is 5.75 Å². The third kappa shape index (κ3) is 2.38. The lowest BCUT2D eigenvalue weighted by Gasteiger charge is -2.20. The summed E-state index contributed by atoms with van der Waals surface area (Å²) in [5.74, 6) is 0.823. The van der Waals surface area contributed by atoms with E-state index in [1.165, 1.54) is 0 Å². The maximum absolute atomic E-state index is 9.22. The Labute approximate surface area is 104 Å². The van der Waals surface area contributed by atoms with Gasteiger partial charge in [0.25, 0.3) is 0 Å². The van der Waals surface area contributed by atoms with E-state index in [-0.39, 0.29) is 5.41 Å². The van der Waals surface area contributed by atoms with E-state index < -0.39 is 0 Å². The van der Waals surface area contributed by atoms with Crippen molar-refractivity contribution >= 4 is 15.9 Å². The van der Waals surface area contributed by atoms with Crippen molar-refractivity contribution in [3.05, 3.63) is 28.7 Å². The fourth-order valence-electron chi connectivity index (χ4n) is 2.12. The smallest absolute Gasteiger partial charge is 0.133 e. The molecule has 0 saturated heterocycles. The van der Waals surface area contributed by atoms with Crippen molar-refractivity contribution in [2.24, 2.45) is 5.41 Å². The number of ether oxygens (including phenoxy) is 1. The number of rotatable bonds is 3. The zero-order chi connectivity index (χ0) is 11.4. The minimum atomic E-state index is -0.255. The lowest BCUT2D eigenvalue weighted by molar-refractivity contribution is 0.200. The monoisotopic (exact) mass is 279 g/mol. The van der Waals surface area contributed by atoms with Gasteiger partial charge in [-0.2, -0.15) is 5.26 Å². The fraction of sp³-hybridized carbons (Fsp3) is 0.462. The van der Waals surface area contributed by atoms with Gasteiger partial charge in [0.05, 0.1) is 16.0 Å². The summed E-state index contributed by atoms with van der Waals surface area (Å²) in [6, 6.07) is 10.2. The van der Waals surface area contributed by atoms with E-state index in [0.717, 1.165) is 35.9 Å². The van der Waals surface area contributed by atoms with Crippen LogP contribution in [0.2, 0.25) is 0 Å². The molecule has 1 aliphatic rings. The lowest BCUT2D eigenvalue weighted by Crippen LogP contribution is -2.23. The predicted octanol–water partition coefficient (Wildman–Crippen LogP) is 3.91. The van der Waals surface area contributed by atoms with Crippen LogP contribution in [0.3, 0.4) is 0 Å². The molecule has 3 heteroatoms. The molecule has 0 spiro atoms. The Kier molecular flexibility index (Phi) is 3.50. The van der Waals surface area contributed by atoms with Crippen LogP contribution in [0.15, 0.2) is 28.7 Å². The summed E-state index contributed by atoms with van der Waals surface area (Å²) in [5.41, 5.74) is -0.255.